The largest absolute Gasteiger partial charge is 0.508 e. The normalized spacial score (nSPS) is 14.4. The van der Waals surface area contributed by atoms with Gasteiger partial charge in [0.25, 0.3) is 11.8 Å². The third-order valence-corrected chi connectivity index (χ3v) is 5.73. The first kappa shape index (κ1) is 20.7. The van der Waals surface area contributed by atoms with Crippen LogP contribution in [0.15, 0.2) is 66.7 Å². The fourth-order valence-corrected chi connectivity index (χ4v) is 3.83. The average molecular weight is 418 g/mol. The van der Waals surface area contributed by atoms with Gasteiger partial charge in [0, 0.05) is 25.2 Å². The van der Waals surface area contributed by atoms with Crippen molar-refractivity contribution in [3.8, 4) is 11.5 Å². The first-order chi connectivity index (χ1) is 15.1. The van der Waals surface area contributed by atoms with Crippen molar-refractivity contribution in [3.63, 3.8) is 0 Å². The van der Waals surface area contributed by atoms with Gasteiger partial charge in [-0.1, -0.05) is 30.3 Å². The summed E-state index contributed by atoms with van der Waals surface area (Å²) in [5.41, 5.74) is 0.524. The molecular formula is C25H26N2O4. The van der Waals surface area contributed by atoms with Crippen molar-refractivity contribution in [2.75, 3.05) is 26.2 Å². The minimum atomic E-state index is -0.151. The van der Waals surface area contributed by atoms with Crippen LogP contribution in [0, 0.1) is 5.92 Å². The Bertz CT molecular complexity index is 1060. The van der Waals surface area contributed by atoms with Crippen molar-refractivity contribution >= 4 is 22.6 Å². The van der Waals surface area contributed by atoms with Gasteiger partial charge < -0.3 is 20.1 Å². The number of phenols is 1. The monoisotopic (exact) mass is 418 g/mol. The van der Waals surface area contributed by atoms with Gasteiger partial charge in [0.15, 0.2) is 6.61 Å². The Morgan fingerprint density at radius 1 is 0.968 bits per heavy atom. The molecule has 31 heavy (non-hydrogen) atoms. The van der Waals surface area contributed by atoms with E-state index in [-0.39, 0.29) is 24.2 Å². The molecule has 2 N–H and O–H groups in total. The topological polar surface area (TPSA) is 78.9 Å². The van der Waals surface area contributed by atoms with E-state index in [9.17, 15) is 14.7 Å². The molecule has 1 aliphatic rings. The predicted octanol–water partition coefficient (Wildman–Crippen LogP) is 3.59. The van der Waals surface area contributed by atoms with E-state index in [1.165, 1.54) is 12.1 Å². The molecule has 0 radical (unpaired) electrons. The minimum Gasteiger partial charge on any atom is -0.508 e. The molecule has 6 heteroatoms. The molecule has 3 aromatic rings. The second kappa shape index (κ2) is 9.51. The number of amides is 2. The Kier molecular flexibility index (Phi) is 6.36. The number of likely N-dealkylation sites (tertiary alicyclic amines) is 1. The van der Waals surface area contributed by atoms with Gasteiger partial charge in [0.05, 0.1) is 0 Å². The number of nitrogens with one attached hydrogen (secondary N) is 1. The van der Waals surface area contributed by atoms with Gasteiger partial charge in [-0.3, -0.25) is 9.59 Å². The van der Waals surface area contributed by atoms with E-state index in [1.54, 1.807) is 12.1 Å². The maximum absolute atomic E-state index is 12.5. The van der Waals surface area contributed by atoms with E-state index in [0.29, 0.717) is 36.9 Å². The van der Waals surface area contributed by atoms with Crippen molar-refractivity contribution in [1.29, 1.82) is 0 Å². The van der Waals surface area contributed by atoms with E-state index in [0.717, 1.165) is 23.6 Å². The number of benzene rings is 3. The third kappa shape index (κ3) is 5.34. The zero-order valence-electron chi connectivity index (χ0n) is 17.3. The number of nitrogens with zero attached hydrogens (tertiary/aromatic N) is 1. The smallest absolute Gasteiger partial charge is 0.260 e. The van der Waals surface area contributed by atoms with Crippen LogP contribution in [0.25, 0.3) is 10.8 Å². The number of phenolic OH excluding ortho intramolecular Hbond substituents is 1. The Morgan fingerprint density at radius 2 is 1.68 bits per heavy atom. The molecule has 0 aliphatic carbocycles. The fourth-order valence-electron chi connectivity index (χ4n) is 3.83. The number of piperidine rings is 1. The summed E-state index contributed by atoms with van der Waals surface area (Å²) in [5.74, 6) is 1.01. The molecule has 0 bridgehead atoms. The SMILES string of the molecule is O=C(NCC1CCN(C(=O)COc2ccc3ccccc3c2)CC1)c1ccc(O)cc1. The summed E-state index contributed by atoms with van der Waals surface area (Å²) < 4.78 is 5.73. The molecule has 160 valence electrons. The summed E-state index contributed by atoms with van der Waals surface area (Å²) in [4.78, 5) is 26.6. The van der Waals surface area contributed by atoms with Crippen LogP contribution in [0.5, 0.6) is 11.5 Å². The van der Waals surface area contributed by atoms with Crippen molar-refractivity contribution < 1.29 is 19.4 Å². The molecule has 0 atom stereocenters. The molecule has 0 spiro atoms. The first-order valence-electron chi connectivity index (χ1n) is 10.5. The van der Waals surface area contributed by atoms with Crippen LogP contribution in [0.2, 0.25) is 0 Å². The highest BCUT2D eigenvalue weighted by atomic mass is 16.5. The van der Waals surface area contributed by atoms with Gasteiger partial charge in [-0.15, -0.1) is 0 Å². The molecule has 1 saturated heterocycles. The number of hydrogen-bond donors (Lipinski definition) is 2. The van der Waals surface area contributed by atoms with E-state index in [4.69, 9.17) is 4.74 Å². The van der Waals surface area contributed by atoms with Crippen LogP contribution in [0.1, 0.15) is 23.2 Å². The lowest BCUT2D eigenvalue weighted by atomic mass is 9.96. The van der Waals surface area contributed by atoms with Crippen LogP contribution in [-0.2, 0) is 4.79 Å². The average Bonchev–Trinajstić information content (AvgIpc) is 2.81. The number of fused-ring (bicyclic) bond motifs is 1. The number of hydrogen-bond acceptors (Lipinski definition) is 4. The highest BCUT2D eigenvalue weighted by Gasteiger charge is 2.23. The number of ether oxygens (including phenoxy) is 1. The summed E-state index contributed by atoms with van der Waals surface area (Å²) in [7, 11) is 0. The van der Waals surface area contributed by atoms with Crippen molar-refractivity contribution in [2.24, 2.45) is 5.92 Å². The van der Waals surface area contributed by atoms with Crippen LogP contribution in [0.4, 0.5) is 0 Å². The van der Waals surface area contributed by atoms with Crippen molar-refractivity contribution in [2.45, 2.75) is 12.8 Å². The molecule has 1 fully saturated rings. The standard InChI is InChI=1S/C25H26N2O4/c28-22-8-5-20(6-9-22)25(30)26-16-18-11-13-27(14-12-18)24(29)17-31-23-10-7-19-3-1-2-4-21(19)15-23/h1-10,15,18,28H,11-14,16-17H2,(H,26,30). The summed E-state index contributed by atoms with van der Waals surface area (Å²) >= 11 is 0. The number of rotatable bonds is 6. The van der Waals surface area contributed by atoms with Crippen LogP contribution < -0.4 is 10.1 Å². The molecule has 4 rings (SSSR count). The van der Waals surface area contributed by atoms with E-state index in [2.05, 4.69) is 5.32 Å². The second-order valence-electron chi connectivity index (χ2n) is 7.88. The zero-order valence-corrected chi connectivity index (χ0v) is 17.3. The molecule has 0 saturated carbocycles. The highest BCUT2D eigenvalue weighted by molar-refractivity contribution is 5.94. The quantitative estimate of drug-likeness (QED) is 0.641. The Hall–Kier alpha value is -3.54. The van der Waals surface area contributed by atoms with E-state index < -0.39 is 0 Å². The second-order valence-corrected chi connectivity index (χ2v) is 7.88. The lowest BCUT2D eigenvalue weighted by Crippen LogP contribution is -2.43. The van der Waals surface area contributed by atoms with Gasteiger partial charge in [0.2, 0.25) is 0 Å². The van der Waals surface area contributed by atoms with Gasteiger partial charge in [0.1, 0.15) is 11.5 Å². The Morgan fingerprint density at radius 3 is 2.42 bits per heavy atom. The fraction of sp³-hybridized carbons (Fsp3) is 0.280. The van der Waals surface area contributed by atoms with Gasteiger partial charge in [-0.05, 0) is 65.9 Å². The van der Waals surface area contributed by atoms with E-state index in [1.807, 2.05) is 47.4 Å². The van der Waals surface area contributed by atoms with Gasteiger partial charge >= 0.3 is 0 Å². The Labute approximate surface area is 181 Å². The maximum atomic E-state index is 12.5. The lowest BCUT2D eigenvalue weighted by Gasteiger charge is -2.32. The van der Waals surface area contributed by atoms with Crippen molar-refractivity contribution in [3.05, 3.63) is 72.3 Å². The molecule has 2 amide bonds. The van der Waals surface area contributed by atoms with Crippen LogP contribution in [0.3, 0.4) is 0 Å². The number of carbonyl (C=O) groups is 2. The third-order valence-electron chi connectivity index (χ3n) is 5.73. The summed E-state index contributed by atoms with van der Waals surface area (Å²) in [5, 5.41) is 14.5. The molecule has 0 aromatic heterocycles. The molecule has 3 aromatic carbocycles. The number of aromatic hydroxyl groups is 1. The van der Waals surface area contributed by atoms with Crippen LogP contribution >= 0.6 is 0 Å². The Balaban J connectivity index is 1.20. The van der Waals surface area contributed by atoms with Crippen molar-refractivity contribution in [1.82, 2.24) is 10.2 Å². The first-order valence-corrected chi connectivity index (χ1v) is 10.5. The molecule has 1 heterocycles. The molecule has 0 unspecified atom stereocenters. The predicted molar refractivity (Wildman–Crippen MR) is 119 cm³/mol. The highest BCUT2D eigenvalue weighted by Crippen LogP contribution is 2.21. The minimum absolute atomic E-state index is 0.0141. The van der Waals surface area contributed by atoms with Gasteiger partial charge in [-0.25, -0.2) is 0 Å². The lowest BCUT2D eigenvalue weighted by molar-refractivity contribution is -0.134. The molecule has 6 nitrogen and oxygen atoms in total. The summed E-state index contributed by atoms with van der Waals surface area (Å²) in [6, 6.07) is 20.1. The molecule has 1 aliphatic heterocycles. The van der Waals surface area contributed by atoms with E-state index >= 15 is 0 Å². The maximum Gasteiger partial charge on any atom is 0.260 e. The van der Waals surface area contributed by atoms with Crippen LogP contribution in [-0.4, -0.2) is 48.1 Å². The summed E-state index contributed by atoms with van der Waals surface area (Å²) in [6.07, 6.45) is 1.69. The van der Waals surface area contributed by atoms with Gasteiger partial charge in [-0.2, -0.15) is 0 Å². The zero-order chi connectivity index (χ0) is 21.6. The summed E-state index contributed by atoms with van der Waals surface area (Å²) in [6.45, 7) is 1.94. The molecular weight excluding hydrogens is 392 g/mol. The number of carbonyl (C=O) groups excluding carboxylic acids is 2.